The summed E-state index contributed by atoms with van der Waals surface area (Å²) < 4.78 is 6.80. The van der Waals surface area contributed by atoms with Crippen LogP contribution >= 0.6 is 0 Å². The van der Waals surface area contributed by atoms with Crippen LogP contribution in [0.25, 0.3) is 5.69 Å². The molecule has 0 fully saturated rings. The van der Waals surface area contributed by atoms with E-state index in [2.05, 4.69) is 15.7 Å². The van der Waals surface area contributed by atoms with E-state index in [-0.39, 0.29) is 0 Å². The van der Waals surface area contributed by atoms with Crippen LogP contribution in [0, 0.1) is 6.92 Å². The number of hydrogen-bond donors (Lipinski definition) is 2. The lowest BCUT2D eigenvalue weighted by molar-refractivity contribution is -0.129. The third-order valence-electron chi connectivity index (χ3n) is 4.44. The normalized spacial score (nSPS) is 11.3. The number of urea groups is 1. The molecule has 9 nitrogen and oxygen atoms in total. The molecule has 32 heavy (non-hydrogen) atoms. The van der Waals surface area contributed by atoms with Crippen molar-refractivity contribution < 1.29 is 19.1 Å². The zero-order valence-corrected chi connectivity index (χ0v) is 17.6. The first-order chi connectivity index (χ1) is 15.4. The van der Waals surface area contributed by atoms with Gasteiger partial charge in [-0.25, -0.2) is 14.3 Å². The summed E-state index contributed by atoms with van der Waals surface area (Å²) in [4.78, 5) is 49.8. The number of rotatable bonds is 6. The Hall–Kier alpha value is -4.27. The van der Waals surface area contributed by atoms with Crippen LogP contribution < -0.4 is 16.1 Å². The minimum Gasteiger partial charge on any atom is -0.442 e. The number of benzene rings is 2. The van der Waals surface area contributed by atoms with Crippen molar-refractivity contribution in [2.75, 3.05) is 6.54 Å². The van der Waals surface area contributed by atoms with Gasteiger partial charge in [-0.05, 0) is 26.0 Å². The third kappa shape index (κ3) is 5.25. The summed E-state index contributed by atoms with van der Waals surface area (Å²) >= 11 is 0. The topological polar surface area (TPSA) is 119 Å². The maximum atomic E-state index is 12.9. The molecule has 0 aliphatic rings. The van der Waals surface area contributed by atoms with Crippen LogP contribution in [-0.4, -0.2) is 34.2 Å². The van der Waals surface area contributed by atoms with E-state index >= 15 is 0 Å². The largest absolute Gasteiger partial charge is 0.442 e. The quantitative estimate of drug-likeness (QED) is 0.575. The highest BCUT2D eigenvalue weighted by Gasteiger charge is 2.29. The van der Waals surface area contributed by atoms with E-state index in [0.717, 1.165) is 0 Å². The van der Waals surface area contributed by atoms with Crippen LogP contribution in [0.2, 0.25) is 0 Å². The van der Waals surface area contributed by atoms with E-state index < -0.39 is 35.1 Å². The number of aromatic nitrogens is 2. The van der Waals surface area contributed by atoms with Gasteiger partial charge < -0.3 is 10.1 Å². The molecule has 0 saturated carbocycles. The monoisotopic (exact) mass is 434 g/mol. The van der Waals surface area contributed by atoms with E-state index in [4.69, 9.17) is 4.74 Å². The number of carbonyl (C=O) groups is 3. The summed E-state index contributed by atoms with van der Waals surface area (Å²) in [6.07, 6.45) is -1.46. The molecule has 2 N–H and O–H groups in total. The SMILES string of the molecule is CCNC(=O)NC(=O)C(OC(=O)c1nn(-c2ccccc2)c(C)cc1=O)c1ccccc1. The lowest BCUT2D eigenvalue weighted by atomic mass is 10.1. The number of imide groups is 1. The molecule has 2 aromatic carbocycles. The zero-order chi connectivity index (χ0) is 23.1. The highest BCUT2D eigenvalue weighted by atomic mass is 16.5. The number of esters is 1. The van der Waals surface area contributed by atoms with Gasteiger partial charge in [0.15, 0.2) is 0 Å². The molecular formula is C23H22N4O5. The van der Waals surface area contributed by atoms with Crippen LogP contribution in [0.1, 0.15) is 34.8 Å². The summed E-state index contributed by atoms with van der Waals surface area (Å²) in [5.41, 5.74) is 0.374. The Kier molecular flexibility index (Phi) is 7.12. The Balaban J connectivity index is 1.93. The van der Waals surface area contributed by atoms with Crippen molar-refractivity contribution in [3.63, 3.8) is 0 Å². The standard InChI is InChI=1S/C23H22N4O5/c1-3-24-23(31)25-21(29)20(16-10-6-4-7-11-16)32-22(30)19-18(28)14-15(2)27(26-19)17-12-8-5-9-13-17/h4-14,20H,3H2,1-2H3,(H2,24,25,29,31). The molecule has 0 radical (unpaired) electrons. The zero-order valence-electron chi connectivity index (χ0n) is 17.6. The van der Waals surface area contributed by atoms with Crippen molar-refractivity contribution in [3.05, 3.63) is 93.9 Å². The molecule has 3 amide bonds. The molecule has 3 rings (SSSR count). The Labute approximate surface area is 184 Å². The Morgan fingerprint density at radius 2 is 1.66 bits per heavy atom. The highest BCUT2D eigenvalue weighted by Crippen LogP contribution is 2.19. The van der Waals surface area contributed by atoms with Crippen LogP contribution in [-0.2, 0) is 9.53 Å². The second kappa shape index (κ2) is 10.2. The van der Waals surface area contributed by atoms with Crippen molar-refractivity contribution in [2.24, 2.45) is 0 Å². The van der Waals surface area contributed by atoms with Gasteiger partial charge in [-0.2, -0.15) is 5.10 Å². The number of amides is 3. The smallest absolute Gasteiger partial charge is 0.364 e. The van der Waals surface area contributed by atoms with Crippen LogP contribution in [0.5, 0.6) is 0 Å². The maximum Gasteiger partial charge on any atom is 0.364 e. The molecule has 9 heteroatoms. The molecule has 0 saturated heterocycles. The Bertz CT molecular complexity index is 1180. The molecule has 1 unspecified atom stereocenters. The van der Waals surface area contributed by atoms with Crippen LogP contribution in [0.3, 0.4) is 0 Å². The average molecular weight is 434 g/mol. The van der Waals surface area contributed by atoms with Crippen molar-refractivity contribution in [2.45, 2.75) is 20.0 Å². The average Bonchev–Trinajstić information content (AvgIpc) is 2.78. The van der Waals surface area contributed by atoms with Gasteiger partial charge >= 0.3 is 12.0 Å². The number of carbonyl (C=O) groups excluding carboxylic acids is 3. The lowest BCUT2D eigenvalue weighted by Crippen LogP contribution is -2.42. The second-order valence-electron chi connectivity index (χ2n) is 6.79. The molecule has 0 aliphatic heterocycles. The fourth-order valence-corrected chi connectivity index (χ4v) is 2.97. The highest BCUT2D eigenvalue weighted by molar-refractivity contribution is 5.98. The van der Waals surface area contributed by atoms with Gasteiger partial charge in [0.05, 0.1) is 5.69 Å². The summed E-state index contributed by atoms with van der Waals surface area (Å²) in [5.74, 6) is -1.94. The van der Waals surface area contributed by atoms with E-state index in [1.807, 2.05) is 6.07 Å². The summed E-state index contributed by atoms with van der Waals surface area (Å²) in [5, 5.41) is 8.72. The fraction of sp³-hybridized carbons (Fsp3) is 0.174. The van der Waals surface area contributed by atoms with E-state index in [1.54, 1.807) is 68.4 Å². The predicted molar refractivity (Wildman–Crippen MR) is 116 cm³/mol. The van der Waals surface area contributed by atoms with Crippen molar-refractivity contribution in [1.82, 2.24) is 20.4 Å². The second-order valence-corrected chi connectivity index (χ2v) is 6.79. The van der Waals surface area contributed by atoms with Gasteiger partial charge in [-0.1, -0.05) is 48.5 Å². The first-order valence-corrected chi connectivity index (χ1v) is 9.91. The molecule has 1 atom stereocenters. The van der Waals surface area contributed by atoms with Gasteiger partial charge in [-0.3, -0.25) is 14.9 Å². The molecule has 0 aliphatic carbocycles. The van der Waals surface area contributed by atoms with E-state index in [9.17, 15) is 19.2 Å². The van der Waals surface area contributed by atoms with Crippen molar-refractivity contribution in [3.8, 4) is 5.69 Å². The van der Waals surface area contributed by atoms with Gasteiger partial charge in [-0.15, -0.1) is 0 Å². The van der Waals surface area contributed by atoms with Gasteiger partial charge in [0, 0.05) is 23.9 Å². The number of aryl methyl sites for hydroxylation is 1. The molecule has 1 aromatic heterocycles. The molecule has 3 aromatic rings. The molecule has 0 spiro atoms. The summed E-state index contributed by atoms with van der Waals surface area (Å²) in [6.45, 7) is 3.68. The lowest BCUT2D eigenvalue weighted by Gasteiger charge is -2.18. The number of ether oxygens (including phenoxy) is 1. The summed E-state index contributed by atoms with van der Waals surface area (Å²) in [6, 6.07) is 17.7. The van der Waals surface area contributed by atoms with Gasteiger partial charge in [0.25, 0.3) is 5.91 Å². The number of hydrogen-bond acceptors (Lipinski definition) is 6. The molecule has 164 valence electrons. The minimum absolute atomic E-state index is 0.307. The van der Waals surface area contributed by atoms with Crippen LogP contribution in [0.15, 0.2) is 71.5 Å². The first-order valence-electron chi connectivity index (χ1n) is 9.91. The number of para-hydroxylation sites is 1. The molecule has 1 heterocycles. The number of nitrogens with one attached hydrogen (secondary N) is 2. The minimum atomic E-state index is -1.46. The van der Waals surface area contributed by atoms with E-state index in [1.165, 1.54) is 10.7 Å². The van der Waals surface area contributed by atoms with E-state index in [0.29, 0.717) is 23.5 Å². The number of nitrogens with zero attached hydrogens (tertiary/aromatic N) is 2. The Morgan fingerprint density at radius 1 is 1.03 bits per heavy atom. The maximum absolute atomic E-state index is 12.9. The molecule has 0 bridgehead atoms. The van der Waals surface area contributed by atoms with Crippen molar-refractivity contribution >= 4 is 17.9 Å². The van der Waals surface area contributed by atoms with Gasteiger partial charge in [0.1, 0.15) is 0 Å². The Morgan fingerprint density at radius 3 is 2.28 bits per heavy atom. The van der Waals surface area contributed by atoms with Crippen molar-refractivity contribution in [1.29, 1.82) is 0 Å². The van der Waals surface area contributed by atoms with Crippen LogP contribution in [0.4, 0.5) is 4.79 Å². The summed E-state index contributed by atoms with van der Waals surface area (Å²) in [7, 11) is 0. The van der Waals surface area contributed by atoms with Gasteiger partial charge in [0.2, 0.25) is 17.2 Å². The first kappa shape index (κ1) is 22.4. The third-order valence-corrected chi connectivity index (χ3v) is 4.44. The predicted octanol–water partition coefficient (Wildman–Crippen LogP) is 2.28. The molecular weight excluding hydrogens is 412 g/mol. The fourth-order valence-electron chi connectivity index (χ4n) is 2.97.